The van der Waals surface area contributed by atoms with Gasteiger partial charge in [0.25, 0.3) is 0 Å². The maximum absolute atomic E-state index is 12.7. The minimum absolute atomic E-state index is 0.348. The molecule has 0 amide bonds. The fourth-order valence-electron chi connectivity index (χ4n) is 1.56. The Morgan fingerprint density at radius 1 is 1.05 bits per heavy atom. The van der Waals surface area contributed by atoms with Gasteiger partial charge in [0, 0.05) is 20.8 Å². The Kier molecular flexibility index (Phi) is 4.70. The van der Waals surface area contributed by atoms with Gasteiger partial charge >= 0.3 is 6.18 Å². The summed E-state index contributed by atoms with van der Waals surface area (Å²) in [4.78, 5) is 4.14. The highest BCUT2D eigenvalue weighted by Gasteiger charge is 2.31. The lowest BCUT2D eigenvalue weighted by atomic mass is 10.2. The molecule has 0 saturated carbocycles. The molecule has 1 N–H and O–H groups in total. The molecule has 7 heteroatoms. The number of alkyl halides is 3. The van der Waals surface area contributed by atoms with Crippen LogP contribution in [0.1, 0.15) is 11.3 Å². The van der Waals surface area contributed by atoms with Crippen molar-refractivity contribution in [2.75, 3.05) is 5.32 Å². The van der Waals surface area contributed by atoms with Gasteiger partial charge in [0.1, 0.15) is 0 Å². The van der Waals surface area contributed by atoms with E-state index in [9.17, 15) is 13.2 Å². The van der Waals surface area contributed by atoms with Crippen molar-refractivity contribution in [3.05, 3.63) is 56.7 Å². The van der Waals surface area contributed by atoms with Crippen LogP contribution in [0.5, 0.6) is 0 Å². The predicted molar refractivity (Wildman–Crippen MR) is 78.4 cm³/mol. The van der Waals surface area contributed by atoms with Crippen LogP contribution in [0.4, 0.5) is 18.9 Å². The molecule has 0 aliphatic heterocycles. The predicted octanol–water partition coefficient (Wildman–Crippen LogP) is 5.24. The number of anilines is 1. The lowest BCUT2D eigenvalue weighted by Crippen LogP contribution is -2.07. The summed E-state index contributed by atoms with van der Waals surface area (Å²) in [6, 6.07) is 7.33. The summed E-state index contributed by atoms with van der Waals surface area (Å²) in [5.74, 6) is 0. The summed E-state index contributed by atoms with van der Waals surface area (Å²) in [5.41, 5.74) is 0.427. The van der Waals surface area contributed by atoms with E-state index in [1.165, 1.54) is 0 Å². The molecular weight excluding hydrogens is 401 g/mol. The molecule has 1 aromatic heterocycles. The number of nitrogens with one attached hydrogen (secondary N) is 1. The zero-order valence-electron chi connectivity index (χ0n) is 10.0. The van der Waals surface area contributed by atoms with Crippen molar-refractivity contribution in [1.29, 1.82) is 0 Å². The van der Waals surface area contributed by atoms with Crippen molar-refractivity contribution < 1.29 is 13.2 Å². The third-order valence-corrected chi connectivity index (χ3v) is 3.41. The molecule has 0 spiro atoms. The van der Waals surface area contributed by atoms with E-state index >= 15 is 0 Å². The first kappa shape index (κ1) is 15.3. The molecule has 20 heavy (non-hydrogen) atoms. The number of nitrogens with zero attached hydrogens (tertiary/aromatic N) is 1. The molecule has 1 heterocycles. The van der Waals surface area contributed by atoms with Gasteiger partial charge in [0.2, 0.25) is 0 Å². The maximum atomic E-state index is 12.7. The number of pyridine rings is 1. The van der Waals surface area contributed by atoms with Crippen LogP contribution in [-0.2, 0) is 12.7 Å². The molecule has 0 saturated heterocycles. The zero-order valence-corrected chi connectivity index (χ0v) is 13.2. The molecule has 0 fully saturated rings. The summed E-state index contributed by atoms with van der Waals surface area (Å²) < 4.78 is 39.3. The highest BCUT2D eigenvalue weighted by Crippen LogP contribution is 2.33. The highest BCUT2D eigenvalue weighted by atomic mass is 79.9. The molecule has 0 radical (unpaired) electrons. The summed E-state index contributed by atoms with van der Waals surface area (Å²) in [5, 5.41) is 2.93. The third kappa shape index (κ3) is 4.21. The molecule has 2 nitrogen and oxygen atoms in total. The van der Waals surface area contributed by atoms with Gasteiger partial charge in [-0.25, -0.2) is 0 Å². The molecule has 0 aliphatic carbocycles. The third-order valence-electron chi connectivity index (χ3n) is 2.49. The van der Waals surface area contributed by atoms with Gasteiger partial charge in [-0.15, -0.1) is 0 Å². The second-order valence-corrected chi connectivity index (χ2v) is 5.88. The van der Waals surface area contributed by atoms with Gasteiger partial charge in [-0.1, -0.05) is 15.9 Å². The van der Waals surface area contributed by atoms with Crippen molar-refractivity contribution in [2.24, 2.45) is 0 Å². The standard InChI is InChI=1S/C13H9Br2F3N2/c14-9-1-2-11(19-6-9)7-20-12-4-8(13(16,17)18)3-10(15)5-12/h1-6,20H,7H2. The van der Waals surface area contributed by atoms with Crippen LogP contribution in [0, 0.1) is 0 Å². The Morgan fingerprint density at radius 2 is 1.80 bits per heavy atom. The van der Waals surface area contributed by atoms with Crippen LogP contribution in [0.3, 0.4) is 0 Å². The average molecular weight is 410 g/mol. The van der Waals surface area contributed by atoms with E-state index < -0.39 is 11.7 Å². The lowest BCUT2D eigenvalue weighted by molar-refractivity contribution is -0.137. The number of aromatic nitrogens is 1. The van der Waals surface area contributed by atoms with Crippen LogP contribution < -0.4 is 5.32 Å². The average Bonchev–Trinajstić information content (AvgIpc) is 2.36. The normalized spacial score (nSPS) is 11.4. The molecule has 2 rings (SSSR count). The topological polar surface area (TPSA) is 24.9 Å². The molecular formula is C13H9Br2F3N2. The molecule has 1 aromatic carbocycles. The fraction of sp³-hybridized carbons (Fsp3) is 0.154. The van der Waals surface area contributed by atoms with Crippen molar-refractivity contribution in [2.45, 2.75) is 12.7 Å². The van der Waals surface area contributed by atoms with E-state index in [0.717, 1.165) is 22.3 Å². The molecule has 0 aliphatic rings. The van der Waals surface area contributed by atoms with Gasteiger partial charge in [0.05, 0.1) is 17.8 Å². The monoisotopic (exact) mass is 408 g/mol. The first-order valence-corrected chi connectivity index (χ1v) is 7.15. The molecule has 0 unspecified atom stereocenters. The van der Waals surface area contributed by atoms with Crippen molar-refractivity contribution in [3.63, 3.8) is 0 Å². The fourth-order valence-corrected chi connectivity index (χ4v) is 2.29. The second-order valence-electron chi connectivity index (χ2n) is 4.05. The van der Waals surface area contributed by atoms with E-state index in [1.54, 1.807) is 18.3 Å². The Morgan fingerprint density at radius 3 is 2.40 bits per heavy atom. The maximum Gasteiger partial charge on any atom is 0.416 e. The SMILES string of the molecule is FC(F)(F)c1cc(Br)cc(NCc2ccc(Br)cn2)c1. The zero-order chi connectivity index (χ0) is 14.8. The Balaban J connectivity index is 2.13. The highest BCUT2D eigenvalue weighted by molar-refractivity contribution is 9.10. The first-order chi connectivity index (χ1) is 9.34. The van der Waals surface area contributed by atoms with Gasteiger partial charge in [-0.05, 0) is 46.3 Å². The Labute approximate surface area is 130 Å². The van der Waals surface area contributed by atoms with E-state index in [4.69, 9.17) is 0 Å². The van der Waals surface area contributed by atoms with E-state index in [-0.39, 0.29) is 0 Å². The number of hydrogen-bond acceptors (Lipinski definition) is 2. The van der Waals surface area contributed by atoms with Crippen LogP contribution >= 0.6 is 31.9 Å². The first-order valence-electron chi connectivity index (χ1n) is 5.57. The van der Waals surface area contributed by atoms with E-state index in [0.29, 0.717) is 16.7 Å². The van der Waals surface area contributed by atoms with Crippen molar-refractivity contribution >= 4 is 37.5 Å². The minimum atomic E-state index is -4.37. The molecule has 106 valence electrons. The number of benzene rings is 1. The Hall–Kier alpha value is -1.08. The van der Waals surface area contributed by atoms with Gasteiger partial charge in [-0.3, -0.25) is 4.98 Å². The van der Waals surface area contributed by atoms with Gasteiger partial charge < -0.3 is 5.32 Å². The largest absolute Gasteiger partial charge is 0.416 e. The summed E-state index contributed by atoms with van der Waals surface area (Å²) in [6.45, 7) is 0.348. The van der Waals surface area contributed by atoms with Gasteiger partial charge in [0.15, 0.2) is 0 Å². The van der Waals surface area contributed by atoms with E-state index in [2.05, 4.69) is 42.2 Å². The van der Waals surface area contributed by atoms with Crippen LogP contribution in [0.25, 0.3) is 0 Å². The van der Waals surface area contributed by atoms with Crippen molar-refractivity contribution in [1.82, 2.24) is 4.98 Å². The van der Waals surface area contributed by atoms with Gasteiger partial charge in [-0.2, -0.15) is 13.2 Å². The Bertz CT molecular complexity index is 598. The molecule has 0 bridgehead atoms. The smallest absolute Gasteiger partial charge is 0.379 e. The van der Waals surface area contributed by atoms with Crippen LogP contribution in [0.2, 0.25) is 0 Å². The second kappa shape index (κ2) is 6.13. The quantitative estimate of drug-likeness (QED) is 0.749. The number of hydrogen-bond donors (Lipinski definition) is 1. The lowest BCUT2D eigenvalue weighted by Gasteiger charge is -2.11. The minimum Gasteiger partial charge on any atom is -0.379 e. The van der Waals surface area contributed by atoms with Crippen LogP contribution in [-0.4, -0.2) is 4.98 Å². The molecule has 0 atom stereocenters. The summed E-state index contributed by atoms with van der Waals surface area (Å²) in [7, 11) is 0. The number of rotatable bonds is 3. The summed E-state index contributed by atoms with van der Waals surface area (Å²) >= 11 is 6.35. The number of halogens is 5. The summed E-state index contributed by atoms with van der Waals surface area (Å²) in [6.07, 6.45) is -2.73. The van der Waals surface area contributed by atoms with Crippen LogP contribution in [0.15, 0.2) is 45.5 Å². The van der Waals surface area contributed by atoms with E-state index in [1.807, 2.05) is 6.07 Å². The van der Waals surface area contributed by atoms with Crippen molar-refractivity contribution in [3.8, 4) is 0 Å². The molecule has 2 aromatic rings.